The van der Waals surface area contributed by atoms with Crippen molar-refractivity contribution >= 4 is 28.9 Å². The number of hydrogen-bond acceptors (Lipinski definition) is 4. The van der Waals surface area contributed by atoms with Gasteiger partial charge in [0.1, 0.15) is 0 Å². The Morgan fingerprint density at radius 2 is 1.59 bits per heavy atom. The van der Waals surface area contributed by atoms with E-state index in [1.165, 1.54) is 0 Å². The van der Waals surface area contributed by atoms with Crippen molar-refractivity contribution in [1.29, 1.82) is 0 Å². The number of anilines is 3. The minimum atomic E-state index is -0.653. The molecule has 0 aliphatic carbocycles. The second-order valence-electron chi connectivity index (χ2n) is 6.39. The predicted molar refractivity (Wildman–Crippen MR) is 111 cm³/mol. The number of carbonyl (C=O) groups is 2. The molecule has 0 heterocycles. The summed E-state index contributed by atoms with van der Waals surface area (Å²) in [7, 11) is 3.77. The zero-order valence-corrected chi connectivity index (χ0v) is 16.2. The molecule has 144 valence electrons. The van der Waals surface area contributed by atoms with Gasteiger partial charge in [-0.1, -0.05) is 30.3 Å². The van der Waals surface area contributed by atoms with E-state index in [9.17, 15) is 9.59 Å². The average molecular weight is 368 g/mol. The van der Waals surface area contributed by atoms with Gasteiger partial charge < -0.3 is 20.4 Å². The molecule has 0 aromatic heterocycles. The number of nitrogens with one attached hydrogen (secondary N) is 2. The zero-order chi connectivity index (χ0) is 19.6. The minimum absolute atomic E-state index is 0.449. The van der Waals surface area contributed by atoms with Gasteiger partial charge in [-0.05, 0) is 37.6 Å². The van der Waals surface area contributed by atoms with Crippen molar-refractivity contribution in [2.24, 2.45) is 0 Å². The largest absolute Gasteiger partial charge is 0.376 e. The molecule has 2 N–H and O–H groups in total. The molecule has 0 unspecified atom stereocenters. The van der Waals surface area contributed by atoms with Crippen LogP contribution in [0, 0.1) is 0 Å². The standard InChI is InChI=1S/C21H28N4O2/c1-4-25(17-11-6-5-7-12-17)16-10-15-22-20(26)21(27)23-18-13-8-9-14-19(18)24(2)3/h5-9,11-14H,4,10,15-16H2,1-3H3,(H,22,26)(H,23,27). The van der Waals surface area contributed by atoms with Gasteiger partial charge in [0.2, 0.25) is 0 Å². The Kier molecular flexibility index (Phi) is 7.67. The van der Waals surface area contributed by atoms with Gasteiger partial charge in [-0.25, -0.2) is 0 Å². The number of nitrogens with zero attached hydrogens (tertiary/aromatic N) is 2. The normalized spacial score (nSPS) is 10.2. The maximum Gasteiger partial charge on any atom is 0.313 e. The lowest BCUT2D eigenvalue weighted by Gasteiger charge is -2.23. The maximum absolute atomic E-state index is 12.1. The molecule has 2 rings (SSSR count). The van der Waals surface area contributed by atoms with E-state index in [1.54, 1.807) is 6.07 Å². The molecule has 6 heteroatoms. The fourth-order valence-electron chi connectivity index (χ4n) is 2.81. The van der Waals surface area contributed by atoms with Crippen molar-refractivity contribution in [1.82, 2.24) is 5.32 Å². The lowest BCUT2D eigenvalue weighted by molar-refractivity contribution is -0.136. The molecule has 27 heavy (non-hydrogen) atoms. The number of amides is 2. The molecular weight excluding hydrogens is 340 g/mol. The van der Waals surface area contributed by atoms with Crippen LogP contribution in [0.2, 0.25) is 0 Å². The van der Waals surface area contributed by atoms with Crippen molar-refractivity contribution in [3.63, 3.8) is 0 Å². The van der Waals surface area contributed by atoms with Gasteiger partial charge in [-0.3, -0.25) is 9.59 Å². The minimum Gasteiger partial charge on any atom is -0.376 e. The van der Waals surface area contributed by atoms with E-state index in [4.69, 9.17) is 0 Å². The van der Waals surface area contributed by atoms with Crippen LogP contribution in [-0.2, 0) is 9.59 Å². The summed E-state index contributed by atoms with van der Waals surface area (Å²) >= 11 is 0. The van der Waals surface area contributed by atoms with Crippen LogP contribution in [0.3, 0.4) is 0 Å². The third kappa shape index (κ3) is 6.02. The van der Waals surface area contributed by atoms with Crippen molar-refractivity contribution in [3.8, 4) is 0 Å². The second-order valence-corrected chi connectivity index (χ2v) is 6.39. The summed E-state index contributed by atoms with van der Waals surface area (Å²) in [6.45, 7) is 4.25. The van der Waals surface area contributed by atoms with E-state index in [0.29, 0.717) is 12.2 Å². The Labute approximate surface area is 161 Å². The van der Waals surface area contributed by atoms with Crippen LogP contribution < -0.4 is 20.4 Å². The molecule has 0 aliphatic heterocycles. The molecule has 0 atom stereocenters. The zero-order valence-electron chi connectivity index (χ0n) is 16.2. The van der Waals surface area contributed by atoms with E-state index in [0.717, 1.165) is 30.9 Å². The molecule has 0 spiro atoms. The van der Waals surface area contributed by atoms with Crippen LogP contribution in [0.5, 0.6) is 0 Å². The van der Waals surface area contributed by atoms with Gasteiger partial charge in [-0.2, -0.15) is 0 Å². The van der Waals surface area contributed by atoms with Crippen LogP contribution in [0.25, 0.3) is 0 Å². The molecular formula is C21H28N4O2. The van der Waals surface area contributed by atoms with Crippen LogP contribution in [0.1, 0.15) is 13.3 Å². The fraction of sp³-hybridized carbons (Fsp3) is 0.333. The monoisotopic (exact) mass is 368 g/mol. The highest BCUT2D eigenvalue weighted by atomic mass is 16.2. The van der Waals surface area contributed by atoms with Gasteiger partial charge in [0, 0.05) is 39.4 Å². The summed E-state index contributed by atoms with van der Waals surface area (Å²) in [5.41, 5.74) is 2.62. The quantitative estimate of drug-likeness (QED) is 0.555. The second kappa shape index (κ2) is 10.2. The van der Waals surface area contributed by atoms with Gasteiger partial charge in [0.15, 0.2) is 0 Å². The fourth-order valence-corrected chi connectivity index (χ4v) is 2.81. The van der Waals surface area contributed by atoms with E-state index in [2.05, 4.69) is 34.6 Å². The number of para-hydroxylation sites is 3. The molecule has 0 radical (unpaired) electrons. The SMILES string of the molecule is CCN(CCCNC(=O)C(=O)Nc1ccccc1N(C)C)c1ccccc1. The van der Waals surface area contributed by atoms with Gasteiger partial charge in [0.25, 0.3) is 0 Å². The third-order valence-electron chi connectivity index (χ3n) is 4.23. The Bertz CT molecular complexity index is 747. The number of hydrogen-bond donors (Lipinski definition) is 2. The Morgan fingerprint density at radius 1 is 0.926 bits per heavy atom. The number of carbonyl (C=O) groups excluding carboxylic acids is 2. The predicted octanol–water partition coefficient (Wildman–Crippen LogP) is 2.72. The average Bonchev–Trinajstić information content (AvgIpc) is 2.68. The van der Waals surface area contributed by atoms with Gasteiger partial charge in [0.05, 0.1) is 11.4 Å². The summed E-state index contributed by atoms with van der Waals surface area (Å²) in [5, 5.41) is 5.37. The molecule has 0 aliphatic rings. The van der Waals surface area contributed by atoms with E-state index >= 15 is 0 Å². The summed E-state index contributed by atoms with van der Waals surface area (Å²) < 4.78 is 0. The Hall–Kier alpha value is -3.02. The highest BCUT2D eigenvalue weighted by molar-refractivity contribution is 6.39. The van der Waals surface area contributed by atoms with Crippen molar-refractivity contribution in [3.05, 3.63) is 54.6 Å². The topological polar surface area (TPSA) is 64.7 Å². The lowest BCUT2D eigenvalue weighted by Crippen LogP contribution is -2.37. The third-order valence-corrected chi connectivity index (χ3v) is 4.23. The molecule has 2 amide bonds. The van der Waals surface area contributed by atoms with Crippen LogP contribution in [0.15, 0.2) is 54.6 Å². The lowest BCUT2D eigenvalue weighted by atomic mass is 10.2. The Morgan fingerprint density at radius 3 is 2.26 bits per heavy atom. The first-order valence-corrected chi connectivity index (χ1v) is 9.18. The molecule has 2 aromatic rings. The first-order valence-electron chi connectivity index (χ1n) is 9.18. The molecule has 0 saturated carbocycles. The molecule has 6 nitrogen and oxygen atoms in total. The maximum atomic E-state index is 12.1. The van der Waals surface area contributed by atoms with Crippen LogP contribution in [0.4, 0.5) is 17.1 Å². The first-order chi connectivity index (χ1) is 13.0. The molecule has 0 saturated heterocycles. The highest BCUT2D eigenvalue weighted by Gasteiger charge is 2.15. The number of benzene rings is 2. The summed E-state index contributed by atoms with van der Waals surface area (Å²) in [4.78, 5) is 28.3. The van der Waals surface area contributed by atoms with Crippen LogP contribution in [-0.4, -0.2) is 45.5 Å². The van der Waals surface area contributed by atoms with Crippen molar-refractivity contribution in [2.45, 2.75) is 13.3 Å². The summed E-state index contributed by atoms with van der Waals surface area (Å²) in [5.74, 6) is -1.27. The summed E-state index contributed by atoms with van der Waals surface area (Å²) in [6, 6.07) is 17.5. The molecule has 2 aromatic carbocycles. The van der Waals surface area contributed by atoms with Gasteiger partial charge in [-0.15, -0.1) is 0 Å². The van der Waals surface area contributed by atoms with Crippen molar-refractivity contribution in [2.75, 3.05) is 48.8 Å². The number of rotatable bonds is 8. The Balaban J connectivity index is 1.79. The molecule has 0 bridgehead atoms. The van der Waals surface area contributed by atoms with Crippen molar-refractivity contribution < 1.29 is 9.59 Å². The van der Waals surface area contributed by atoms with Crippen LogP contribution >= 0.6 is 0 Å². The van der Waals surface area contributed by atoms with Gasteiger partial charge >= 0.3 is 11.8 Å². The highest BCUT2D eigenvalue weighted by Crippen LogP contribution is 2.23. The molecule has 0 fully saturated rings. The van der Waals surface area contributed by atoms with E-state index in [1.807, 2.05) is 55.4 Å². The smallest absolute Gasteiger partial charge is 0.313 e. The van der Waals surface area contributed by atoms with E-state index < -0.39 is 11.8 Å². The first kappa shape index (κ1) is 20.3. The van der Waals surface area contributed by atoms with E-state index in [-0.39, 0.29) is 0 Å². The summed E-state index contributed by atoms with van der Waals surface area (Å²) in [6.07, 6.45) is 0.760.